The summed E-state index contributed by atoms with van der Waals surface area (Å²) in [7, 11) is 0. The van der Waals surface area contributed by atoms with Crippen LogP contribution in [0.2, 0.25) is 0 Å². The highest BCUT2D eigenvalue weighted by Crippen LogP contribution is 2.38. The first kappa shape index (κ1) is 17.4. The molecule has 3 aromatic heterocycles. The first-order valence-corrected chi connectivity index (χ1v) is 10.6. The maximum Gasteiger partial charge on any atom is 0.258 e. The van der Waals surface area contributed by atoms with Crippen molar-refractivity contribution in [3.8, 4) is 5.88 Å². The molecule has 1 atom stereocenters. The Morgan fingerprint density at radius 1 is 1.31 bits per heavy atom. The molecule has 0 radical (unpaired) electrons. The van der Waals surface area contributed by atoms with Crippen LogP contribution in [-0.4, -0.2) is 22.5 Å². The number of nitrogens with one attached hydrogen (secondary N) is 1. The van der Waals surface area contributed by atoms with Crippen molar-refractivity contribution in [2.24, 2.45) is 0 Å². The van der Waals surface area contributed by atoms with Gasteiger partial charge in [0.15, 0.2) is 6.61 Å². The Morgan fingerprint density at radius 3 is 3.04 bits per heavy atom. The minimum absolute atomic E-state index is 0.0195. The summed E-state index contributed by atoms with van der Waals surface area (Å²) in [6, 6.07) is 3.98. The summed E-state index contributed by atoms with van der Waals surface area (Å²) >= 11 is 3.37. The molecule has 0 saturated carbocycles. The van der Waals surface area contributed by atoms with Gasteiger partial charge in [-0.15, -0.1) is 22.7 Å². The standard InChI is InChI=1S/C19H21N3O2S2/c1-12(14-8-5-9-25-14)22-16(23)10-24-18-17-13-6-3-2-4-7-15(13)26-19(17)21-11-20-18/h5,8-9,11-12H,2-4,6-7,10H2,1H3,(H,22,23). The van der Waals surface area contributed by atoms with Gasteiger partial charge in [-0.3, -0.25) is 4.79 Å². The van der Waals surface area contributed by atoms with Crippen LogP contribution in [0.5, 0.6) is 5.88 Å². The normalized spacial score (nSPS) is 15.3. The van der Waals surface area contributed by atoms with Crippen LogP contribution in [0.3, 0.4) is 0 Å². The van der Waals surface area contributed by atoms with Crippen molar-refractivity contribution in [3.63, 3.8) is 0 Å². The van der Waals surface area contributed by atoms with E-state index in [0.29, 0.717) is 5.88 Å². The van der Waals surface area contributed by atoms with E-state index in [0.717, 1.165) is 27.9 Å². The zero-order valence-electron chi connectivity index (χ0n) is 14.7. The van der Waals surface area contributed by atoms with Crippen molar-refractivity contribution in [1.82, 2.24) is 15.3 Å². The highest BCUT2D eigenvalue weighted by Gasteiger charge is 2.20. The van der Waals surface area contributed by atoms with Gasteiger partial charge >= 0.3 is 0 Å². The van der Waals surface area contributed by atoms with Crippen LogP contribution in [-0.2, 0) is 17.6 Å². The van der Waals surface area contributed by atoms with Crippen LogP contribution in [0.1, 0.15) is 47.5 Å². The number of aryl methyl sites for hydroxylation is 2. The maximum atomic E-state index is 12.3. The van der Waals surface area contributed by atoms with E-state index in [4.69, 9.17) is 4.74 Å². The maximum absolute atomic E-state index is 12.3. The lowest BCUT2D eigenvalue weighted by Crippen LogP contribution is -2.31. The Hall–Kier alpha value is -1.99. The summed E-state index contributed by atoms with van der Waals surface area (Å²) in [5.74, 6) is 0.396. The number of carbonyl (C=O) groups excluding carboxylic acids is 1. The van der Waals surface area contributed by atoms with Gasteiger partial charge in [0.2, 0.25) is 5.88 Å². The first-order valence-electron chi connectivity index (χ1n) is 8.93. The molecule has 1 N–H and O–H groups in total. The van der Waals surface area contributed by atoms with Crippen molar-refractivity contribution in [2.45, 2.75) is 45.1 Å². The third-order valence-corrected chi connectivity index (χ3v) is 6.91. The second kappa shape index (κ2) is 7.72. The minimum atomic E-state index is -0.140. The number of hydrogen-bond acceptors (Lipinski definition) is 6. The molecule has 0 bridgehead atoms. The van der Waals surface area contributed by atoms with Gasteiger partial charge in [0.05, 0.1) is 11.4 Å². The van der Waals surface area contributed by atoms with Crippen LogP contribution in [0, 0.1) is 0 Å². The number of hydrogen-bond donors (Lipinski definition) is 1. The molecule has 1 aliphatic carbocycles. The lowest BCUT2D eigenvalue weighted by Gasteiger charge is -2.13. The molecule has 1 amide bonds. The Balaban J connectivity index is 1.48. The summed E-state index contributed by atoms with van der Waals surface area (Å²) in [5.41, 5.74) is 1.32. The molecule has 5 nitrogen and oxygen atoms in total. The van der Waals surface area contributed by atoms with Crippen LogP contribution < -0.4 is 10.1 Å². The largest absolute Gasteiger partial charge is 0.467 e. The fraction of sp³-hybridized carbons (Fsp3) is 0.421. The lowest BCUT2D eigenvalue weighted by molar-refractivity contribution is -0.123. The molecule has 26 heavy (non-hydrogen) atoms. The average Bonchev–Trinajstić information content (AvgIpc) is 3.23. The highest BCUT2D eigenvalue weighted by molar-refractivity contribution is 7.18. The van der Waals surface area contributed by atoms with Gasteiger partial charge in [-0.2, -0.15) is 0 Å². The third-order valence-electron chi connectivity index (χ3n) is 4.65. The minimum Gasteiger partial charge on any atom is -0.467 e. The van der Waals surface area contributed by atoms with E-state index in [1.54, 1.807) is 22.7 Å². The first-order chi connectivity index (χ1) is 12.7. The van der Waals surface area contributed by atoms with Gasteiger partial charge in [-0.05, 0) is 49.6 Å². The van der Waals surface area contributed by atoms with Gasteiger partial charge < -0.3 is 10.1 Å². The highest BCUT2D eigenvalue weighted by atomic mass is 32.1. The summed E-state index contributed by atoms with van der Waals surface area (Å²) in [4.78, 5) is 24.5. The van der Waals surface area contributed by atoms with E-state index in [-0.39, 0.29) is 18.6 Å². The van der Waals surface area contributed by atoms with Crippen molar-refractivity contribution in [2.75, 3.05) is 6.61 Å². The van der Waals surface area contributed by atoms with Crippen LogP contribution >= 0.6 is 22.7 Å². The quantitative estimate of drug-likeness (QED) is 0.664. The van der Waals surface area contributed by atoms with E-state index in [1.807, 2.05) is 24.4 Å². The predicted octanol–water partition coefficient (Wildman–Crippen LogP) is 4.28. The van der Waals surface area contributed by atoms with Gasteiger partial charge in [0.25, 0.3) is 5.91 Å². The second-order valence-corrected chi connectivity index (χ2v) is 8.58. The smallest absolute Gasteiger partial charge is 0.258 e. The summed E-state index contributed by atoms with van der Waals surface area (Å²) in [5, 5.41) is 5.99. The van der Waals surface area contributed by atoms with Crippen LogP contribution in [0.25, 0.3) is 10.2 Å². The molecule has 0 fully saturated rings. The molecule has 0 spiro atoms. The number of rotatable bonds is 5. The second-order valence-electron chi connectivity index (χ2n) is 6.52. The van der Waals surface area contributed by atoms with Crippen molar-refractivity contribution in [3.05, 3.63) is 39.2 Å². The topological polar surface area (TPSA) is 64.1 Å². The monoisotopic (exact) mass is 387 g/mol. The van der Waals surface area contributed by atoms with Gasteiger partial charge in [0.1, 0.15) is 11.2 Å². The molecule has 1 unspecified atom stereocenters. The number of ether oxygens (including phenoxy) is 1. The SMILES string of the molecule is CC(NC(=O)COc1ncnc2sc3c(c12)CCCCC3)c1cccs1. The van der Waals surface area contributed by atoms with Gasteiger partial charge in [-0.1, -0.05) is 12.5 Å². The van der Waals surface area contributed by atoms with Crippen LogP contribution in [0.4, 0.5) is 0 Å². The van der Waals surface area contributed by atoms with Gasteiger partial charge in [-0.25, -0.2) is 9.97 Å². The van der Waals surface area contributed by atoms with Gasteiger partial charge in [0, 0.05) is 9.75 Å². The zero-order valence-corrected chi connectivity index (χ0v) is 16.3. The van der Waals surface area contributed by atoms with Crippen molar-refractivity contribution in [1.29, 1.82) is 0 Å². The van der Waals surface area contributed by atoms with Crippen LogP contribution in [0.15, 0.2) is 23.8 Å². The van der Waals surface area contributed by atoms with E-state index in [1.165, 1.54) is 36.0 Å². The number of fused-ring (bicyclic) bond motifs is 3. The summed E-state index contributed by atoms with van der Waals surface area (Å²) < 4.78 is 5.81. The number of nitrogens with zero attached hydrogens (tertiary/aromatic N) is 2. The molecule has 136 valence electrons. The van der Waals surface area contributed by atoms with Crippen molar-refractivity contribution >= 4 is 38.8 Å². The molecule has 3 aromatic rings. The molecular weight excluding hydrogens is 366 g/mol. The zero-order chi connectivity index (χ0) is 17.9. The Labute approximate surface area is 160 Å². The number of aromatic nitrogens is 2. The molecule has 0 aliphatic heterocycles. The Morgan fingerprint density at radius 2 is 2.19 bits per heavy atom. The number of carbonyl (C=O) groups is 1. The molecular formula is C19H21N3O2S2. The Kier molecular flexibility index (Phi) is 5.17. The van der Waals surface area contributed by atoms with E-state index >= 15 is 0 Å². The average molecular weight is 388 g/mol. The fourth-order valence-corrected chi connectivity index (χ4v) is 5.33. The lowest BCUT2D eigenvalue weighted by atomic mass is 10.1. The number of thiophene rings is 2. The number of amides is 1. The fourth-order valence-electron chi connectivity index (χ4n) is 3.37. The van der Waals surface area contributed by atoms with Crippen molar-refractivity contribution < 1.29 is 9.53 Å². The molecule has 0 aromatic carbocycles. The predicted molar refractivity (Wildman–Crippen MR) is 105 cm³/mol. The molecule has 4 rings (SSSR count). The summed E-state index contributed by atoms with van der Waals surface area (Å²) in [6.07, 6.45) is 7.35. The molecule has 0 saturated heterocycles. The molecule has 3 heterocycles. The third kappa shape index (κ3) is 3.59. The van der Waals surface area contributed by atoms with E-state index in [9.17, 15) is 4.79 Å². The van der Waals surface area contributed by atoms with E-state index < -0.39 is 0 Å². The molecule has 1 aliphatic rings. The summed E-state index contributed by atoms with van der Waals surface area (Å²) in [6.45, 7) is 1.94. The molecule has 7 heteroatoms. The Bertz CT molecular complexity index is 905. The van der Waals surface area contributed by atoms with E-state index in [2.05, 4.69) is 15.3 Å².